The zero-order chi connectivity index (χ0) is 23.5. The van der Waals surface area contributed by atoms with Crippen LogP contribution in [0.5, 0.6) is 5.75 Å². The van der Waals surface area contributed by atoms with Crippen LogP contribution in [0.15, 0.2) is 42.7 Å². The summed E-state index contributed by atoms with van der Waals surface area (Å²) in [4.78, 5) is 25.4. The number of fused-ring (bicyclic) bond motifs is 1. The highest BCUT2D eigenvalue weighted by molar-refractivity contribution is 6.31. The van der Waals surface area contributed by atoms with Gasteiger partial charge in [-0.25, -0.2) is 19.2 Å². The number of aromatic nitrogens is 2. The quantitative estimate of drug-likeness (QED) is 0.522. The molecule has 2 aliphatic rings. The highest BCUT2D eigenvalue weighted by Gasteiger charge is 2.28. The Hall–Kier alpha value is -3.13. The minimum absolute atomic E-state index is 0.0393. The standard InChI is InChI=1S/C25H27ClFN5O2/c26-21-14-17(4-6-22(21)27)30-24-20-15-19(5-7-23(20)28-16-29-24)34-18-8-12-32(13-9-18)25(33)31-10-2-1-3-11-31/h4-7,14-16,18H,1-3,8-13H2,(H,28,29,30). The summed E-state index contributed by atoms with van der Waals surface area (Å²) in [7, 11) is 0. The summed E-state index contributed by atoms with van der Waals surface area (Å²) in [5.41, 5.74) is 1.39. The van der Waals surface area contributed by atoms with Gasteiger partial charge in [0.25, 0.3) is 0 Å². The number of hydrogen-bond acceptors (Lipinski definition) is 5. The SMILES string of the molecule is O=C(N1CCCCC1)N1CCC(Oc2ccc3ncnc(Nc4ccc(F)c(Cl)c4)c3c2)CC1. The molecule has 0 unspecified atom stereocenters. The average Bonchev–Trinajstić information content (AvgIpc) is 2.87. The van der Waals surface area contributed by atoms with Crippen LogP contribution in [-0.2, 0) is 0 Å². The fourth-order valence-corrected chi connectivity index (χ4v) is 4.74. The lowest BCUT2D eigenvalue weighted by Gasteiger charge is -2.37. The highest BCUT2D eigenvalue weighted by Crippen LogP contribution is 2.29. The Bertz CT molecular complexity index is 1180. The predicted octanol–water partition coefficient (Wildman–Crippen LogP) is 5.62. The van der Waals surface area contributed by atoms with E-state index in [-0.39, 0.29) is 17.2 Å². The Morgan fingerprint density at radius 2 is 1.76 bits per heavy atom. The van der Waals surface area contributed by atoms with Crippen LogP contribution in [0.1, 0.15) is 32.1 Å². The van der Waals surface area contributed by atoms with Crippen molar-refractivity contribution in [3.05, 3.63) is 53.6 Å². The third-order valence-electron chi connectivity index (χ3n) is 6.43. The maximum Gasteiger partial charge on any atom is 0.320 e. The number of carbonyl (C=O) groups is 1. The first-order chi connectivity index (χ1) is 16.6. The van der Waals surface area contributed by atoms with Gasteiger partial charge in [0, 0.05) is 50.1 Å². The van der Waals surface area contributed by atoms with E-state index in [4.69, 9.17) is 16.3 Å². The third kappa shape index (κ3) is 5.01. The molecule has 0 aliphatic carbocycles. The first kappa shape index (κ1) is 22.7. The molecule has 7 nitrogen and oxygen atoms in total. The van der Waals surface area contributed by atoms with Crippen LogP contribution in [0.2, 0.25) is 5.02 Å². The second-order valence-electron chi connectivity index (χ2n) is 8.79. The van der Waals surface area contributed by atoms with Crippen molar-refractivity contribution in [2.24, 2.45) is 0 Å². The van der Waals surface area contributed by atoms with Crippen molar-refractivity contribution < 1.29 is 13.9 Å². The number of amides is 2. The van der Waals surface area contributed by atoms with E-state index < -0.39 is 5.82 Å². The number of piperidine rings is 2. The normalized spacial score (nSPS) is 17.1. The van der Waals surface area contributed by atoms with Crippen LogP contribution in [0.4, 0.5) is 20.7 Å². The van der Waals surface area contributed by atoms with Gasteiger partial charge >= 0.3 is 6.03 Å². The van der Waals surface area contributed by atoms with Crippen LogP contribution < -0.4 is 10.1 Å². The number of nitrogens with zero attached hydrogens (tertiary/aromatic N) is 4. The van der Waals surface area contributed by atoms with Gasteiger partial charge in [-0.1, -0.05) is 11.6 Å². The maximum atomic E-state index is 13.5. The molecule has 3 heterocycles. The number of likely N-dealkylation sites (tertiary alicyclic amines) is 2. The van der Waals surface area contributed by atoms with Crippen molar-refractivity contribution in [3.63, 3.8) is 0 Å². The van der Waals surface area contributed by atoms with E-state index in [1.54, 1.807) is 6.07 Å². The zero-order valence-corrected chi connectivity index (χ0v) is 19.6. The second kappa shape index (κ2) is 10.0. The lowest BCUT2D eigenvalue weighted by atomic mass is 10.1. The molecule has 5 rings (SSSR count). The zero-order valence-electron chi connectivity index (χ0n) is 18.8. The van der Waals surface area contributed by atoms with Crippen LogP contribution in [0, 0.1) is 5.82 Å². The van der Waals surface area contributed by atoms with Gasteiger partial charge in [0.05, 0.1) is 10.5 Å². The smallest absolute Gasteiger partial charge is 0.320 e. The monoisotopic (exact) mass is 483 g/mol. The average molecular weight is 484 g/mol. The molecule has 0 bridgehead atoms. The molecule has 2 fully saturated rings. The van der Waals surface area contributed by atoms with E-state index in [0.29, 0.717) is 24.6 Å². The molecule has 1 N–H and O–H groups in total. The lowest BCUT2D eigenvalue weighted by molar-refractivity contribution is 0.0914. The Labute approximate surface area is 202 Å². The Morgan fingerprint density at radius 3 is 2.53 bits per heavy atom. The molecule has 0 saturated carbocycles. The molecule has 3 aromatic rings. The Balaban J connectivity index is 1.25. The van der Waals surface area contributed by atoms with Crippen LogP contribution in [0.3, 0.4) is 0 Å². The summed E-state index contributed by atoms with van der Waals surface area (Å²) >= 11 is 5.91. The van der Waals surface area contributed by atoms with E-state index in [1.165, 1.54) is 24.9 Å². The fourth-order valence-electron chi connectivity index (χ4n) is 4.56. The number of hydrogen-bond donors (Lipinski definition) is 1. The van der Waals surface area contributed by atoms with E-state index in [0.717, 1.165) is 55.4 Å². The van der Waals surface area contributed by atoms with Gasteiger partial charge in [-0.15, -0.1) is 0 Å². The number of ether oxygens (including phenoxy) is 1. The van der Waals surface area contributed by atoms with Crippen molar-refractivity contribution >= 4 is 40.0 Å². The van der Waals surface area contributed by atoms with Crippen molar-refractivity contribution in [3.8, 4) is 5.75 Å². The fraction of sp³-hybridized carbons (Fsp3) is 0.400. The summed E-state index contributed by atoms with van der Waals surface area (Å²) < 4.78 is 19.8. The van der Waals surface area contributed by atoms with E-state index in [2.05, 4.69) is 15.3 Å². The van der Waals surface area contributed by atoms with Crippen molar-refractivity contribution in [1.29, 1.82) is 0 Å². The molecule has 178 valence electrons. The predicted molar refractivity (Wildman–Crippen MR) is 130 cm³/mol. The number of rotatable bonds is 4. The van der Waals surface area contributed by atoms with E-state index >= 15 is 0 Å². The number of halogens is 2. The summed E-state index contributed by atoms with van der Waals surface area (Å²) in [5.74, 6) is 0.836. The summed E-state index contributed by atoms with van der Waals surface area (Å²) in [6.07, 6.45) is 6.52. The molecule has 2 saturated heterocycles. The summed E-state index contributed by atoms with van der Waals surface area (Å²) in [6.45, 7) is 3.15. The second-order valence-corrected chi connectivity index (χ2v) is 9.20. The molecule has 2 aliphatic heterocycles. The molecule has 9 heteroatoms. The lowest BCUT2D eigenvalue weighted by Crippen LogP contribution is -2.49. The van der Waals surface area contributed by atoms with Crippen molar-refractivity contribution in [1.82, 2.24) is 19.8 Å². The van der Waals surface area contributed by atoms with E-state index in [9.17, 15) is 9.18 Å². The largest absolute Gasteiger partial charge is 0.490 e. The third-order valence-corrected chi connectivity index (χ3v) is 6.72. The Kier molecular flexibility index (Phi) is 6.67. The molecule has 0 radical (unpaired) electrons. The topological polar surface area (TPSA) is 70.6 Å². The first-order valence-electron chi connectivity index (χ1n) is 11.7. The van der Waals surface area contributed by atoms with Crippen molar-refractivity contribution in [2.45, 2.75) is 38.2 Å². The van der Waals surface area contributed by atoms with E-state index in [1.807, 2.05) is 28.0 Å². The van der Waals surface area contributed by atoms with Gasteiger partial charge in [0.2, 0.25) is 0 Å². The Morgan fingerprint density at radius 1 is 1.00 bits per heavy atom. The van der Waals surface area contributed by atoms with Crippen LogP contribution in [-0.4, -0.2) is 58.1 Å². The number of benzene rings is 2. The summed E-state index contributed by atoms with van der Waals surface area (Å²) in [6, 6.07) is 10.3. The van der Waals surface area contributed by atoms with Gasteiger partial charge in [0.1, 0.15) is 29.8 Å². The van der Waals surface area contributed by atoms with Gasteiger partial charge in [0.15, 0.2) is 0 Å². The van der Waals surface area contributed by atoms with Gasteiger partial charge in [-0.2, -0.15) is 0 Å². The number of urea groups is 1. The van der Waals surface area contributed by atoms with Crippen molar-refractivity contribution in [2.75, 3.05) is 31.5 Å². The van der Waals surface area contributed by atoms with Crippen LogP contribution >= 0.6 is 11.6 Å². The minimum atomic E-state index is -0.473. The minimum Gasteiger partial charge on any atom is -0.490 e. The molecule has 1 aromatic heterocycles. The molecule has 2 amide bonds. The number of nitrogens with one attached hydrogen (secondary N) is 1. The molecule has 0 atom stereocenters. The maximum absolute atomic E-state index is 13.5. The van der Waals surface area contributed by atoms with Gasteiger partial charge in [-0.05, 0) is 55.7 Å². The molecular formula is C25H27ClFN5O2. The number of anilines is 2. The highest BCUT2D eigenvalue weighted by atomic mass is 35.5. The summed E-state index contributed by atoms with van der Waals surface area (Å²) in [5, 5.41) is 4.02. The first-order valence-corrected chi connectivity index (χ1v) is 12.1. The van der Waals surface area contributed by atoms with Gasteiger partial charge in [-0.3, -0.25) is 0 Å². The van der Waals surface area contributed by atoms with Gasteiger partial charge < -0.3 is 19.9 Å². The molecule has 2 aromatic carbocycles. The molecule has 0 spiro atoms. The van der Waals surface area contributed by atoms with Crippen LogP contribution in [0.25, 0.3) is 10.9 Å². The number of carbonyl (C=O) groups excluding carboxylic acids is 1. The molecular weight excluding hydrogens is 457 g/mol. The molecule has 34 heavy (non-hydrogen) atoms.